The smallest absolute Gasteiger partial charge is 0.106 e. The van der Waals surface area contributed by atoms with Crippen LogP contribution >= 0.6 is 0 Å². The summed E-state index contributed by atoms with van der Waals surface area (Å²) in [6.45, 7) is 9.65. The van der Waals surface area contributed by atoms with E-state index in [1.165, 1.54) is 16.7 Å². The van der Waals surface area contributed by atoms with Crippen molar-refractivity contribution in [3.05, 3.63) is 41.3 Å². The molecule has 0 amide bonds. The molecule has 1 aromatic heterocycles. The lowest BCUT2D eigenvalue weighted by atomic mass is 10.0. The number of aromatic amines is 1. The van der Waals surface area contributed by atoms with Crippen molar-refractivity contribution in [1.29, 1.82) is 0 Å². The van der Waals surface area contributed by atoms with Crippen LogP contribution in [0.2, 0.25) is 0 Å². The highest BCUT2D eigenvalue weighted by Crippen LogP contribution is 2.22. The van der Waals surface area contributed by atoms with Gasteiger partial charge in [0.15, 0.2) is 0 Å². The van der Waals surface area contributed by atoms with E-state index in [4.69, 9.17) is 0 Å². The van der Waals surface area contributed by atoms with Crippen LogP contribution in [0, 0.1) is 13.8 Å². The fourth-order valence-electron chi connectivity index (χ4n) is 2.30. The van der Waals surface area contributed by atoms with E-state index in [0.29, 0.717) is 6.04 Å². The summed E-state index contributed by atoms with van der Waals surface area (Å²) in [5.74, 6) is 1.08. The van der Waals surface area contributed by atoms with Crippen molar-refractivity contribution in [2.24, 2.45) is 0 Å². The Hall–Kier alpha value is -1.61. The summed E-state index contributed by atoms with van der Waals surface area (Å²) in [5.41, 5.74) is 4.94. The summed E-state index contributed by atoms with van der Waals surface area (Å²) in [7, 11) is 0. The molecule has 0 bridgehead atoms. The van der Waals surface area contributed by atoms with Crippen LogP contribution in [0.3, 0.4) is 0 Å². The number of aryl methyl sites for hydroxylation is 3. The Balaban J connectivity index is 2.00. The zero-order valence-electron chi connectivity index (χ0n) is 13.0. The maximum atomic E-state index is 4.50. The number of aromatic nitrogens is 2. The Morgan fingerprint density at radius 1 is 1.25 bits per heavy atom. The number of benzene rings is 1. The molecular formula is C17H25N3. The first-order valence-electron chi connectivity index (χ1n) is 7.41. The molecule has 0 saturated heterocycles. The average Bonchev–Trinajstić information content (AvgIpc) is 2.86. The molecule has 0 radical (unpaired) electrons. The van der Waals surface area contributed by atoms with Crippen LogP contribution < -0.4 is 5.32 Å². The lowest BCUT2D eigenvalue weighted by Gasteiger charge is -2.06. The van der Waals surface area contributed by atoms with Gasteiger partial charge in [-0.25, -0.2) is 4.98 Å². The van der Waals surface area contributed by atoms with Crippen molar-refractivity contribution in [2.45, 2.75) is 46.6 Å². The number of nitrogens with one attached hydrogen (secondary N) is 2. The molecule has 108 valence electrons. The molecule has 3 nitrogen and oxygen atoms in total. The predicted molar refractivity (Wildman–Crippen MR) is 85.0 cm³/mol. The van der Waals surface area contributed by atoms with E-state index in [2.05, 4.69) is 61.2 Å². The zero-order valence-corrected chi connectivity index (χ0v) is 13.0. The third-order valence-electron chi connectivity index (χ3n) is 3.45. The van der Waals surface area contributed by atoms with E-state index < -0.39 is 0 Å². The topological polar surface area (TPSA) is 40.7 Å². The second kappa shape index (κ2) is 6.71. The van der Waals surface area contributed by atoms with Gasteiger partial charge >= 0.3 is 0 Å². The first-order chi connectivity index (χ1) is 9.56. The van der Waals surface area contributed by atoms with Crippen LogP contribution in [-0.2, 0) is 6.42 Å². The van der Waals surface area contributed by atoms with Gasteiger partial charge in [0.05, 0.1) is 11.9 Å². The highest BCUT2D eigenvalue weighted by Gasteiger charge is 2.06. The largest absolute Gasteiger partial charge is 0.342 e. The number of nitrogens with zero attached hydrogens (tertiary/aromatic N) is 1. The van der Waals surface area contributed by atoms with Gasteiger partial charge in [0.25, 0.3) is 0 Å². The van der Waals surface area contributed by atoms with E-state index in [1.807, 2.05) is 6.20 Å². The van der Waals surface area contributed by atoms with Gasteiger partial charge in [0.2, 0.25) is 0 Å². The normalized spacial score (nSPS) is 11.2. The molecule has 0 aliphatic rings. The standard InChI is InChI=1S/C17H25N3/c1-12(2)18-9-5-6-17-19-11-16(20-17)15-10-13(3)7-8-14(15)4/h7-8,10-12,18H,5-6,9H2,1-4H3,(H,19,20). The Kier molecular flexibility index (Phi) is 4.96. The van der Waals surface area contributed by atoms with E-state index in [0.717, 1.165) is 30.9 Å². The fraction of sp³-hybridized carbons (Fsp3) is 0.471. The highest BCUT2D eigenvalue weighted by atomic mass is 14.9. The molecular weight excluding hydrogens is 246 g/mol. The van der Waals surface area contributed by atoms with Gasteiger partial charge in [-0.05, 0) is 38.4 Å². The average molecular weight is 271 g/mol. The zero-order chi connectivity index (χ0) is 14.5. The first kappa shape index (κ1) is 14.8. The minimum atomic E-state index is 0.553. The van der Waals surface area contributed by atoms with Crippen molar-refractivity contribution in [2.75, 3.05) is 6.54 Å². The van der Waals surface area contributed by atoms with Crippen LogP contribution in [-0.4, -0.2) is 22.6 Å². The van der Waals surface area contributed by atoms with Gasteiger partial charge in [0.1, 0.15) is 5.82 Å². The minimum absolute atomic E-state index is 0.553. The maximum absolute atomic E-state index is 4.50. The van der Waals surface area contributed by atoms with Crippen LogP contribution in [0.15, 0.2) is 24.4 Å². The number of H-pyrrole nitrogens is 1. The molecule has 0 unspecified atom stereocenters. The number of hydrogen-bond donors (Lipinski definition) is 2. The molecule has 2 aromatic rings. The Bertz CT molecular complexity index is 555. The minimum Gasteiger partial charge on any atom is -0.342 e. The number of rotatable bonds is 6. The molecule has 0 spiro atoms. The molecule has 20 heavy (non-hydrogen) atoms. The summed E-state index contributed by atoms with van der Waals surface area (Å²) in [6.07, 6.45) is 4.05. The SMILES string of the molecule is Cc1ccc(C)c(-c2cnc(CCCNC(C)C)[nH]2)c1. The molecule has 1 aromatic carbocycles. The van der Waals surface area contributed by atoms with Crippen LogP contribution in [0.5, 0.6) is 0 Å². The quantitative estimate of drug-likeness (QED) is 0.788. The summed E-state index contributed by atoms with van der Waals surface area (Å²) in [6, 6.07) is 7.08. The van der Waals surface area contributed by atoms with E-state index >= 15 is 0 Å². The first-order valence-corrected chi connectivity index (χ1v) is 7.41. The summed E-state index contributed by atoms with van der Waals surface area (Å²) < 4.78 is 0. The fourth-order valence-corrected chi connectivity index (χ4v) is 2.30. The van der Waals surface area contributed by atoms with Crippen molar-refractivity contribution in [1.82, 2.24) is 15.3 Å². The summed E-state index contributed by atoms with van der Waals surface area (Å²) in [4.78, 5) is 7.94. The monoisotopic (exact) mass is 271 g/mol. The maximum Gasteiger partial charge on any atom is 0.106 e. The predicted octanol–water partition coefficient (Wildman–Crippen LogP) is 3.62. The van der Waals surface area contributed by atoms with Gasteiger partial charge in [0, 0.05) is 18.0 Å². The van der Waals surface area contributed by atoms with E-state index in [1.54, 1.807) is 0 Å². The number of imidazole rings is 1. The van der Waals surface area contributed by atoms with Gasteiger partial charge in [-0.3, -0.25) is 0 Å². The Morgan fingerprint density at radius 3 is 2.80 bits per heavy atom. The van der Waals surface area contributed by atoms with Crippen molar-refractivity contribution < 1.29 is 0 Å². The number of hydrogen-bond acceptors (Lipinski definition) is 2. The lowest BCUT2D eigenvalue weighted by molar-refractivity contribution is 0.567. The molecule has 0 atom stereocenters. The van der Waals surface area contributed by atoms with Gasteiger partial charge in [-0.1, -0.05) is 31.5 Å². The molecule has 2 N–H and O–H groups in total. The van der Waals surface area contributed by atoms with Crippen molar-refractivity contribution in [3.63, 3.8) is 0 Å². The van der Waals surface area contributed by atoms with Crippen molar-refractivity contribution in [3.8, 4) is 11.3 Å². The van der Waals surface area contributed by atoms with Crippen LogP contribution in [0.4, 0.5) is 0 Å². The second-order valence-corrected chi connectivity index (χ2v) is 5.77. The molecule has 3 heteroatoms. The van der Waals surface area contributed by atoms with E-state index in [9.17, 15) is 0 Å². The van der Waals surface area contributed by atoms with Crippen LogP contribution in [0.1, 0.15) is 37.2 Å². The molecule has 2 rings (SSSR count). The van der Waals surface area contributed by atoms with Gasteiger partial charge in [-0.15, -0.1) is 0 Å². The Morgan fingerprint density at radius 2 is 2.05 bits per heavy atom. The Labute approximate surface area is 121 Å². The van der Waals surface area contributed by atoms with E-state index in [-0.39, 0.29) is 0 Å². The third-order valence-corrected chi connectivity index (χ3v) is 3.45. The summed E-state index contributed by atoms with van der Waals surface area (Å²) in [5, 5.41) is 3.43. The van der Waals surface area contributed by atoms with Gasteiger partial charge in [-0.2, -0.15) is 0 Å². The van der Waals surface area contributed by atoms with Crippen LogP contribution in [0.25, 0.3) is 11.3 Å². The second-order valence-electron chi connectivity index (χ2n) is 5.77. The third kappa shape index (κ3) is 3.94. The molecule has 0 fully saturated rings. The summed E-state index contributed by atoms with van der Waals surface area (Å²) >= 11 is 0. The molecule has 0 aliphatic heterocycles. The van der Waals surface area contributed by atoms with Crippen molar-refractivity contribution >= 4 is 0 Å². The molecule has 0 aliphatic carbocycles. The molecule has 0 saturated carbocycles. The molecule has 1 heterocycles. The van der Waals surface area contributed by atoms with Gasteiger partial charge < -0.3 is 10.3 Å². The highest BCUT2D eigenvalue weighted by molar-refractivity contribution is 5.63. The lowest BCUT2D eigenvalue weighted by Crippen LogP contribution is -2.24.